The summed E-state index contributed by atoms with van der Waals surface area (Å²) >= 11 is 6.17. The van der Waals surface area contributed by atoms with Gasteiger partial charge in [0.2, 0.25) is 0 Å². The van der Waals surface area contributed by atoms with Crippen LogP contribution in [0.15, 0.2) is 18.2 Å². The van der Waals surface area contributed by atoms with Gasteiger partial charge in [-0.15, -0.1) is 11.6 Å². The lowest BCUT2D eigenvalue weighted by Crippen LogP contribution is -2.15. The number of sulfone groups is 1. The number of nitrogens with zero attached hydrogens (tertiary/aromatic N) is 2. The molecule has 2 unspecified atom stereocenters. The first kappa shape index (κ1) is 14.8. The van der Waals surface area contributed by atoms with Gasteiger partial charge in [-0.25, -0.2) is 17.8 Å². The molecule has 0 amide bonds. The van der Waals surface area contributed by atoms with Crippen LogP contribution >= 0.6 is 11.6 Å². The molecule has 7 heteroatoms. The molecule has 0 saturated carbocycles. The van der Waals surface area contributed by atoms with Crippen LogP contribution in [0.25, 0.3) is 11.0 Å². The molecule has 1 aliphatic rings. The van der Waals surface area contributed by atoms with E-state index in [0.29, 0.717) is 29.8 Å². The van der Waals surface area contributed by atoms with Crippen molar-refractivity contribution >= 4 is 32.5 Å². The maximum absolute atomic E-state index is 13.5. The maximum atomic E-state index is 13.5. The van der Waals surface area contributed by atoms with Crippen LogP contribution in [0.2, 0.25) is 0 Å². The van der Waals surface area contributed by atoms with Crippen molar-refractivity contribution < 1.29 is 12.8 Å². The SMILES string of the molecule is CC(Cl)c1nc2ccc(F)cc2n1CC1CCS(=O)(=O)C1. The molecule has 1 aliphatic heterocycles. The van der Waals surface area contributed by atoms with E-state index in [4.69, 9.17) is 11.6 Å². The van der Waals surface area contributed by atoms with Crippen LogP contribution in [0.5, 0.6) is 0 Å². The summed E-state index contributed by atoms with van der Waals surface area (Å²) in [4.78, 5) is 4.45. The van der Waals surface area contributed by atoms with Crippen molar-refractivity contribution in [2.45, 2.75) is 25.3 Å². The highest BCUT2D eigenvalue weighted by molar-refractivity contribution is 7.91. The van der Waals surface area contributed by atoms with Crippen molar-refractivity contribution in [2.75, 3.05) is 11.5 Å². The lowest BCUT2D eigenvalue weighted by Gasteiger charge is -2.14. The second-order valence-electron chi connectivity index (χ2n) is 5.60. The Hall–Kier alpha value is -1.14. The van der Waals surface area contributed by atoms with Crippen LogP contribution in [-0.2, 0) is 16.4 Å². The van der Waals surface area contributed by atoms with Crippen molar-refractivity contribution in [3.63, 3.8) is 0 Å². The van der Waals surface area contributed by atoms with E-state index in [1.54, 1.807) is 13.0 Å². The fraction of sp³-hybridized carbons (Fsp3) is 0.500. The van der Waals surface area contributed by atoms with Gasteiger partial charge in [0.05, 0.1) is 27.9 Å². The number of benzene rings is 1. The van der Waals surface area contributed by atoms with Crippen molar-refractivity contribution in [3.05, 3.63) is 29.8 Å². The van der Waals surface area contributed by atoms with Gasteiger partial charge >= 0.3 is 0 Å². The normalized spacial score (nSPS) is 22.7. The lowest BCUT2D eigenvalue weighted by atomic mass is 10.1. The summed E-state index contributed by atoms with van der Waals surface area (Å²) in [5.41, 5.74) is 1.35. The average Bonchev–Trinajstić information content (AvgIpc) is 2.91. The number of rotatable bonds is 3. The molecular weight excluding hydrogens is 315 g/mol. The van der Waals surface area contributed by atoms with Gasteiger partial charge < -0.3 is 4.57 Å². The predicted octanol–water partition coefficient (Wildman–Crippen LogP) is 2.91. The molecule has 3 rings (SSSR count). The first-order valence-corrected chi connectivity index (χ1v) is 9.12. The monoisotopic (exact) mass is 330 g/mol. The Labute approximate surface area is 127 Å². The molecule has 114 valence electrons. The van der Waals surface area contributed by atoms with Crippen LogP contribution in [0, 0.1) is 11.7 Å². The van der Waals surface area contributed by atoms with Gasteiger partial charge in [-0.1, -0.05) is 0 Å². The summed E-state index contributed by atoms with van der Waals surface area (Å²) in [5.74, 6) is 0.755. The zero-order valence-corrected chi connectivity index (χ0v) is 13.2. The van der Waals surface area contributed by atoms with Gasteiger partial charge in [0.25, 0.3) is 0 Å². The molecule has 1 fully saturated rings. The van der Waals surface area contributed by atoms with Gasteiger partial charge in [0.15, 0.2) is 9.84 Å². The predicted molar refractivity (Wildman–Crippen MR) is 80.7 cm³/mol. The summed E-state index contributed by atoms with van der Waals surface area (Å²) in [6, 6.07) is 4.41. The molecule has 0 aliphatic carbocycles. The number of aromatic nitrogens is 2. The minimum atomic E-state index is -2.93. The molecule has 0 radical (unpaired) electrons. The van der Waals surface area contributed by atoms with Gasteiger partial charge in [0.1, 0.15) is 11.6 Å². The van der Waals surface area contributed by atoms with E-state index >= 15 is 0 Å². The molecule has 2 atom stereocenters. The molecule has 2 heterocycles. The molecule has 0 spiro atoms. The zero-order chi connectivity index (χ0) is 15.2. The molecule has 2 aromatic rings. The number of halogens is 2. The van der Waals surface area contributed by atoms with Crippen LogP contribution in [0.3, 0.4) is 0 Å². The molecule has 1 saturated heterocycles. The van der Waals surface area contributed by atoms with E-state index in [1.807, 2.05) is 4.57 Å². The van der Waals surface area contributed by atoms with Crippen molar-refractivity contribution in [2.24, 2.45) is 5.92 Å². The molecule has 0 bridgehead atoms. The maximum Gasteiger partial charge on any atom is 0.150 e. The second kappa shape index (κ2) is 5.25. The third-order valence-electron chi connectivity index (χ3n) is 3.86. The van der Waals surface area contributed by atoms with E-state index in [9.17, 15) is 12.8 Å². The lowest BCUT2D eigenvalue weighted by molar-refractivity contribution is 0.486. The summed E-state index contributed by atoms with van der Waals surface area (Å²) < 4.78 is 38.5. The minimum Gasteiger partial charge on any atom is -0.326 e. The number of hydrogen-bond donors (Lipinski definition) is 0. The quantitative estimate of drug-likeness (QED) is 0.813. The van der Waals surface area contributed by atoms with Gasteiger partial charge in [-0.3, -0.25) is 0 Å². The van der Waals surface area contributed by atoms with E-state index < -0.39 is 9.84 Å². The van der Waals surface area contributed by atoms with E-state index in [1.165, 1.54) is 12.1 Å². The zero-order valence-electron chi connectivity index (χ0n) is 11.6. The number of imidazole rings is 1. The summed E-state index contributed by atoms with van der Waals surface area (Å²) in [5, 5.41) is -0.321. The van der Waals surface area contributed by atoms with Crippen LogP contribution in [0.4, 0.5) is 4.39 Å². The number of fused-ring (bicyclic) bond motifs is 1. The third kappa shape index (κ3) is 2.92. The fourth-order valence-electron chi connectivity index (χ4n) is 2.88. The van der Waals surface area contributed by atoms with Gasteiger partial charge in [0, 0.05) is 6.54 Å². The Balaban J connectivity index is 2.03. The number of alkyl halides is 1. The number of hydrogen-bond acceptors (Lipinski definition) is 3. The van der Waals surface area contributed by atoms with Gasteiger partial charge in [-0.2, -0.15) is 0 Å². The summed E-state index contributed by atoms with van der Waals surface area (Å²) in [6.07, 6.45) is 0.632. The Kier molecular flexibility index (Phi) is 3.69. The van der Waals surface area contributed by atoms with Crippen LogP contribution < -0.4 is 0 Å². The molecule has 4 nitrogen and oxygen atoms in total. The average molecular weight is 331 g/mol. The Morgan fingerprint density at radius 2 is 2.29 bits per heavy atom. The van der Waals surface area contributed by atoms with Crippen molar-refractivity contribution in [3.8, 4) is 0 Å². The standard InChI is InChI=1S/C14H16ClFN2O2S/c1-9(15)14-17-12-3-2-11(16)6-13(12)18(14)7-10-4-5-21(19,20)8-10/h2-3,6,9-10H,4-5,7-8H2,1H3. The second-order valence-corrected chi connectivity index (χ2v) is 8.48. The van der Waals surface area contributed by atoms with E-state index in [-0.39, 0.29) is 28.6 Å². The Morgan fingerprint density at radius 3 is 2.90 bits per heavy atom. The molecule has 1 aromatic carbocycles. The van der Waals surface area contributed by atoms with E-state index in [0.717, 1.165) is 0 Å². The first-order chi connectivity index (χ1) is 9.85. The smallest absolute Gasteiger partial charge is 0.150 e. The highest BCUT2D eigenvalue weighted by Gasteiger charge is 2.29. The topological polar surface area (TPSA) is 52.0 Å². The minimum absolute atomic E-state index is 0.0323. The Bertz CT molecular complexity index is 786. The van der Waals surface area contributed by atoms with Crippen molar-refractivity contribution in [1.82, 2.24) is 9.55 Å². The molecule has 21 heavy (non-hydrogen) atoms. The third-order valence-corrected chi connectivity index (χ3v) is 5.90. The molecular formula is C14H16ClFN2O2S. The first-order valence-electron chi connectivity index (χ1n) is 6.86. The summed E-state index contributed by atoms with van der Waals surface area (Å²) in [6.45, 7) is 2.31. The molecule has 0 N–H and O–H groups in total. The Morgan fingerprint density at radius 1 is 1.52 bits per heavy atom. The van der Waals surface area contributed by atoms with Crippen LogP contribution in [0.1, 0.15) is 24.5 Å². The summed E-state index contributed by atoms with van der Waals surface area (Å²) in [7, 11) is -2.93. The van der Waals surface area contributed by atoms with Crippen molar-refractivity contribution in [1.29, 1.82) is 0 Å². The fourth-order valence-corrected chi connectivity index (χ4v) is 4.90. The highest BCUT2D eigenvalue weighted by atomic mass is 35.5. The van der Waals surface area contributed by atoms with Crippen LogP contribution in [-0.4, -0.2) is 29.5 Å². The molecule has 1 aromatic heterocycles. The highest BCUT2D eigenvalue weighted by Crippen LogP contribution is 2.28. The van der Waals surface area contributed by atoms with Gasteiger partial charge in [-0.05, 0) is 37.5 Å². The van der Waals surface area contributed by atoms with E-state index in [2.05, 4.69) is 4.98 Å². The largest absolute Gasteiger partial charge is 0.326 e.